The van der Waals surface area contributed by atoms with Crippen LogP contribution in [-0.2, 0) is 0 Å². The first-order chi connectivity index (χ1) is 12.3. The Bertz CT molecular complexity index is 1260. The highest BCUT2D eigenvalue weighted by molar-refractivity contribution is 6.02. The molecule has 2 aliphatic rings. The molecule has 0 spiro atoms. The lowest BCUT2D eigenvalue weighted by Gasteiger charge is -2.13. The summed E-state index contributed by atoms with van der Waals surface area (Å²) in [4.78, 5) is 22.1. The van der Waals surface area contributed by atoms with Crippen molar-refractivity contribution in [3.8, 4) is 22.6 Å². The summed E-state index contributed by atoms with van der Waals surface area (Å²) in [7, 11) is 0. The van der Waals surface area contributed by atoms with E-state index in [1.165, 1.54) is 0 Å². The summed E-state index contributed by atoms with van der Waals surface area (Å²) >= 11 is 0. The van der Waals surface area contributed by atoms with E-state index in [1.54, 1.807) is 12.3 Å². The smallest absolute Gasteiger partial charge is 0.198 e. The van der Waals surface area contributed by atoms with Gasteiger partial charge in [0.25, 0.3) is 0 Å². The molecule has 2 heterocycles. The third kappa shape index (κ3) is 2.04. The number of benzene rings is 3. The van der Waals surface area contributed by atoms with Gasteiger partial charge in [0.05, 0.1) is 5.56 Å². The minimum atomic E-state index is -0.0527. The van der Waals surface area contributed by atoms with Crippen LogP contribution < -0.4 is 5.43 Å². The fourth-order valence-corrected chi connectivity index (χ4v) is 3.21. The lowest BCUT2D eigenvalue weighted by atomic mass is 9.95. The average molecular weight is 324 g/mol. The number of rotatable bonds is 1. The van der Waals surface area contributed by atoms with E-state index in [2.05, 4.69) is 9.97 Å². The van der Waals surface area contributed by atoms with Crippen LogP contribution in [0, 0.1) is 0 Å². The zero-order chi connectivity index (χ0) is 16.8. The molecule has 0 saturated carbocycles. The molecule has 1 aliphatic heterocycles. The third-order valence-electron chi connectivity index (χ3n) is 4.34. The van der Waals surface area contributed by atoms with Crippen LogP contribution in [0.1, 0.15) is 0 Å². The number of nitrogens with zero attached hydrogens (tertiary/aromatic N) is 2. The standard InChI is InChI=1S/C21H12N2O2/c24-19-15-10-5-4-9-14(15)18-20(17(19)13-7-2-1-3-8-13)25-16-11-6-12-22-21(16)23-18/h1-12H. The van der Waals surface area contributed by atoms with Crippen LogP contribution in [-0.4, -0.2) is 9.97 Å². The zero-order valence-electron chi connectivity index (χ0n) is 13.1. The largest absolute Gasteiger partial charge is 0.450 e. The summed E-state index contributed by atoms with van der Waals surface area (Å²) in [5.41, 5.74) is 3.03. The van der Waals surface area contributed by atoms with E-state index < -0.39 is 0 Å². The first-order valence-corrected chi connectivity index (χ1v) is 7.98. The summed E-state index contributed by atoms with van der Waals surface area (Å²) < 4.78 is 6.10. The molecule has 4 heteroatoms. The van der Waals surface area contributed by atoms with Gasteiger partial charge in [-0.05, 0) is 17.7 Å². The van der Waals surface area contributed by atoms with Gasteiger partial charge in [0.2, 0.25) is 0 Å². The molecule has 0 saturated heterocycles. The molecule has 0 radical (unpaired) electrons. The highest BCUT2D eigenvalue weighted by atomic mass is 16.3. The number of hydrogen-bond donors (Lipinski definition) is 0. The topological polar surface area (TPSA) is 56.0 Å². The van der Waals surface area contributed by atoms with Gasteiger partial charge < -0.3 is 4.42 Å². The Labute approximate surface area is 142 Å². The van der Waals surface area contributed by atoms with Crippen LogP contribution in [0.2, 0.25) is 0 Å². The first-order valence-electron chi connectivity index (χ1n) is 7.98. The van der Waals surface area contributed by atoms with Crippen LogP contribution in [0.15, 0.2) is 82.1 Å². The predicted octanol–water partition coefficient (Wildman–Crippen LogP) is 4.51. The molecule has 4 nitrogen and oxygen atoms in total. The maximum atomic E-state index is 13.2. The quantitative estimate of drug-likeness (QED) is 0.336. The van der Waals surface area contributed by atoms with Crippen molar-refractivity contribution < 1.29 is 4.42 Å². The van der Waals surface area contributed by atoms with Crippen LogP contribution in [0.4, 0.5) is 0 Å². The van der Waals surface area contributed by atoms with Crippen LogP contribution in [0.5, 0.6) is 0 Å². The van der Waals surface area contributed by atoms with Crippen molar-refractivity contribution in [2.45, 2.75) is 0 Å². The minimum absolute atomic E-state index is 0.0527. The Hall–Kier alpha value is -3.53. The van der Waals surface area contributed by atoms with E-state index in [9.17, 15) is 4.79 Å². The first kappa shape index (κ1) is 13.9. The molecule has 0 bridgehead atoms. The SMILES string of the molecule is O=c1c(-c2ccccc2)c2oc3cccnc3nc-2c2ccccc12. The maximum absolute atomic E-state index is 13.2. The molecule has 0 N–H and O–H groups in total. The highest BCUT2D eigenvalue weighted by Gasteiger charge is 2.23. The van der Waals surface area contributed by atoms with Crippen molar-refractivity contribution in [3.05, 3.63) is 83.2 Å². The molecule has 118 valence electrons. The summed E-state index contributed by atoms with van der Waals surface area (Å²) in [6.45, 7) is 0. The molecule has 0 unspecified atom stereocenters. The molecule has 0 atom stereocenters. The third-order valence-corrected chi connectivity index (χ3v) is 4.34. The zero-order valence-corrected chi connectivity index (χ0v) is 13.1. The van der Waals surface area contributed by atoms with Gasteiger partial charge in [0, 0.05) is 17.0 Å². The Morgan fingerprint density at radius 2 is 1.56 bits per heavy atom. The Kier molecular flexibility index (Phi) is 2.91. The lowest BCUT2D eigenvalue weighted by Crippen LogP contribution is -2.10. The molecule has 0 fully saturated rings. The van der Waals surface area contributed by atoms with Crippen molar-refractivity contribution in [3.63, 3.8) is 0 Å². The van der Waals surface area contributed by atoms with E-state index in [0.717, 1.165) is 10.9 Å². The van der Waals surface area contributed by atoms with Gasteiger partial charge in [-0.15, -0.1) is 0 Å². The highest BCUT2D eigenvalue weighted by Crippen LogP contribution is 2.36. The normalized spacial score (nSPS) is 11.4. The van der Waals surface area contributed by atoms with Crippen LogP contribution >= 0.6 is 0 Å². The lowest BCUT2D eigenvalue weighted by molar-refractivity contribution is 0.613. The van der Waals surface area contributed by atoms with Crippen molar-refractivity contribution in [1.82, 2.24) is 9.97 Å². The molecular formula is C21H12N2O2. The number of aromatic nitrogens is 2. The van der Waals surface area contributed by atoms with Gasteiger partial charge in [-0.2, -0.15) is 0 Å². The molecule has 2 aromatic carbocycles. The Morgan fingerprint density at radius 1 is 0.800 bits per heavy atom. The molecular weight excluding hydrogens is 312 g/mol. The van der Waals surface area contributed by atoms with Crippen LogP contribution in [0.25, 0.3) is 44.6 Å². The number of fused-ring (bicyclic) bond motifs is 4. The van der Waals surface area contributed by atoms with Gasteiger partial charge in [0.15, 0.2) is 22.4 Å². The van der Waals surface area contributed by atoms with E-state index in [-0.39, 0.29) is 5.43 Å². The molecule has 1 aromatic heterocycles. The van der Waals surface area contributed by atoms with Crippen molar-refractivity contribution in [2.75, 3.05) is 0 Å². The van der Waals surface area contributed by atoms with E-state index in [4.69, 9.17) is 4.42 Å². The van der Waals surface area contributed by atoms with Crippen molar-refractivity contribution in [2.24, 2.45) is 0 Å². The van der Waals surface area contributed by atoms with Gasteiger partial charge in [-0.1, -0.05) is 54.6 Å². The monoisotopic (exact) mass is 324 g/mol. The molecule has 25 heavy (non-hydrogen) atoms. The van der Waals surface area contributed by atoms with Crippen LogP contribution in [0.3, 0.4) is 0 Å². The molecule has 3 aromatic rings. The van der Waals surface area contributed by atoms with E-state index >= 15 is 0 Å². The summed E-state index contributed by atoms with van der Waals surface area (Å²) in [6.07, 6.45) is 1.68. The molecule has 0 amide bonds. The Balaban J connectivity index is 2.06. The van der Waals surface area contributed by atoms with E-state index in [0.29, 0.717) is 33.6 Å². The summed E-state index contributed by atoms with van der Waals surface area (Å²) in [6, 6.07) is 20.6. The van der Waals surface area contributed by atoms with Gasteiger partial charge in [-0.3, -0.25) is 4.79 Å². The minimum Gasteiger partial charge on any atom is -0.450 e. The second-order valence-electron chi connectivity index (χ2n) is 5.83. The fraction of sp³-hybridized carbons (Fsp3) is 0. The Morgan fingerprint density at radius 3 is 2.40 bits per heavy atom. The second kappa shape index (κ2) is 5.24. The second-order valence-corrected chi connectivity index (χ2v) is 5.83. The fourth-order valence-electron chi connectivity index (χ4n) is 3.21. The summed E-state index contributed by atoms with van der Waals surface area (Å²) in [5.74, 6) is 0.496. The van der Waals surface area contributed by atoms with Gasteiger partial charge in [-0.25, -0.2) is 9.97 Å². The summed E-state index contributed by atoms with van der Waals surface area (Å²) in [5, 5.41) is 1.41. The van der Waals surface area contributed by atoms with Crippen molar-refractivity contribution in [1.29, 1.82) is 0 Å². The average Bonchev–Trinajstić information content (AvgIpc) is 2.68. The maximum Gasteiger partial charge on any atom is 0.198 e. The number of hydrogen-bond acceptors (Lipinski definition) is 4. The van der Waals surface area contributed by atoms with Gasteiger partial charge >= 0.3 is 0 Å². The number of pyridine rings is 1. The van der Waals surface area contributed by atoms with Crippen molar-refractivity contribution >= 4 is 22.0 Å². The molecule has 5 rings (SSSR count). The predicted molar refractivity (Wildman–Crippen MR) is 97.6 cm³/mol. The van der Waals surface area contributed by atoms with Gasteiger partial charge in [0.1, 0.15) is 5.69 Å². The molecule has 1 aliphatic carbocycles. The van der Waals surface area contributed by atoms with E-state index in [1.807, 2.05) is 60.7 Å².